The van der Waals surface area contributed by atoms with Gasteiger partial charge in [0, 0.05) is 6.54 Å². The number of aliphatic imine (C=N–C) groups is 1. The Balaban J connectivity index is 2.39. The lowest BCUT2D eigenvalue weighted by atomic mass is 10.3. The molecular formula is C11H11FN2O3S. The van der Waals surface area contributed by atoms with Crippen molar-refractivity contribution in [3.05, 3.63) is 30.1 Å². The maximum absolute atomic E-state index is 13.1. The molecule has 96 valence electrons. The van der Waals surface area contributed by atoms with Gasteiger partial charge in [0.2, 0.25) is 16.1 Å². The second-order valence-corrected chi connectivity index (χ2v) is 5.81. The van der Waals surface area contributed by atoms with Gasteiger partial charge >= 0.3 is 0 Å². The molecule has 0 N–H and O–H groups in total. The first-order chi connectivity index (χ1) is 8.55. The third-order valence-corrected chi connectivity index (χ3v) is 4.67. The molecule has 0 radical (unpaired) electrons. The molecule has 1 unspecified atom stereocenters. The Kier molecular flexibility index (Phi) is 3.56. The van der Waals surface area contributed by atoms with Gasteiger partial charge in [0.25, 0.3) is 0 Å². The lowest BCUT2D eigenvalue weighted by Gasteiger charge is -2.19. The van der Waals surface area contributed by atoms with E-state index in [1.807, 2.05) is 0 Å². The molecule has 5 nitrogen and oxygen atoms in total. The number of halogens is 1. The van der Waals surface area contributed by atoms with Crippen molar-refractivity contribution in [2.75, 3.05) is 6.54 Å². The maximum Gasteiger partial charge on any atom is 0.245 e. The molecule has 0 saturated carbocycles. The van der Waals surface area contributed by atoms with Crippen LogP contribution in [0.2, 0.25) is 0 Å². The fraction of sp³-hybridized carbons (Fsp3) is 0.364. The molecule has 1 aliphatic rings. The highest BCUT2D eigenvalue weighted by Crippen LogP contribution is 2.26. The van der Waals surface area contributed by atoms with Crippen LogP contribution >= 0.6 is 0 Å². The molecule has 0 bridgehead atoms. The average molecular weight is 270 g/mol. The smallest absolute Gasteiger partial charge is 0.211 e. The fourth-order valence-electron chi connectivity index (χ4n) is 1.96. The van der Waals surface area contributed by atoms with Gasteiger partial charge in [-0.1, -0.05) is 6.07 Å². The van der Waals surface area contributed by atoms with E-state index < -0.39 is 22.0 Å². The Hall–Kier alpha value is -1.56. The van der Waals surface area contributed by atoms with Gasteiger partial charge in [-0.05, 0) is 31.0 Å². The van der Waals surface area contributed by atoms with Crippen LogP contribution in [0.25, 0.3) is 0 Å². The van der Waals surface area contributed by atoms with E-state index >= 15 is 0 Å². The molecule has 1 saturated heterocycles. The first-order valence-corrected chi connectivity index (χ1v) is 6.84. The van der Waals surface area contributed by atoms with Crippen molar-refractivity contribution in [1.29, 1.82) is 0 Å². The normalized spacial score (nSPS) is 20.6. The highest BCUT2D eigenvalue weighted by Gasteiger charge is 2.35. The molecule has 0 amide bonds. The number of benzene rings is 1. The van der Waals surface area contributed by atoms with E-state index in [2.05, 4.69) is 4.99 Å². The lowest BCUT2D eigenvalue weighted by Crippen LogP contribution is -2.34. The molecule has 1 atom stereocenters. The van der Waals surface area contributed by atoms with Crippen molar-refractivity contribution in [2.45, 2.75) is 23.9 Å². The van der Waals surface area contributed by atoms with Crippen molar-refractivity contribution >= 4 is 16.1 Å². The van der Waals surface area contributed by atoms with Crippen LogP contribution in [0, 0.1) is 5.82 Å². The van der Waals surface area contributed by atoms with Crippen LogP contribution < -0.4 is 0 Å². The van der Waals surface area contributed by atoms with Crippen LogP contribution in [-0.2, 0) is 14.8 Å². The van der Waals surface area contributed by atoms with Gasteiger partial charge < -0.3 is 0 Å². The number of hydrogen-bond donors (Lipinski definition) is 0. The van der Waals surface area contributed by atoms with Crippen LogP contribution in [0.1, 0.15) is 12.8 Å². The third-order valence-electron chi connectivity index (χ3n) is 2.78. The summed E-state index contributed by atoms with van der Waals surface area (Å²) in [7, 11) is -3.81. The van der Waals surface area contributed by atoms with E-state index in [1.165, 1.54) is 24.3 Å². The molecule has 18 heavy (non-hydrogen) atoms. The van der Waals surface area contributed by atoms with Gasteiger partial charge in [-0.25, -0.2) is 17.6 Å². The minimum Gasteiger partial charge on any atom is -0.211 e. The number of isocyanates is 1. The number of hydrogen-bond acceptors (Lipinski definition) is 4. The number of rotatable bonds is 3. The first-order valence-electron chi connectivity index (χ1n) is 5.40. The Bertz CT molecular complexity index is 596. The van der Waals surface area contributed by atoms with Crippen molar-refractivity contribution in [3.8, 4) is 0 Å². The van der Waals surface area contributed by atoms with Gasteiger partial charge in [0.05, 0.1) is 4.90 Å². The summed E-state index contributed by atoms with van der Waals surface area (Å²) in [5, 5.41) is 0. The van der Waals surface area contributed by atoms with Gasteiger partial charge in [0.15, 0.2) is 0 Å². The monoisotopic (exact) mass is 270 g/mol. The van der Waals surface area contributed by atoms with Crippen molar-refractivity contribution in [3.63, 3.8) is 0 Å². The minimum absolute atomic E-state index is 0.129. The zero-order valence-electron chi connectivity index (χ0n) is 9.41. The van der Waals surface area contributed by atoms with E-state index in [-0.39, 0.29) is 11.4 Å². The highest BCUT2D eigenvalue weighted by atomic mass is 32.2. The first kappa shape index (κ1) is 12.9. The number of nitrogens with zero attached hydrogens (tertiary/aromatic N) is 2. The van der Waals surface area contributed by atoms with Gasteiger partial charge in [-0.15, -0.1) is 0 Å². The van der Waals surface area contributed by atoms with E-state index in [1.54, 1.807) is 0 Å². The van der Waals surface area contributed by atoms with Gasteiger partial charge in [0.1, 0.15) is 12.0 Å². The maximum atomic E-state index is 13.1. The summed E-state index contributed by atoms with van der Waals surface area (Å²) < 4.78 is 38.6. The summed E-state index contributed by atoms with van der Waals surface area (Å²) in [6, 6.07) is 4.77. The Morgan fingerprint density at radius 1 is 1.44 bits per heavy atom. The average Bonchev–Trinajstić information content (AvgIpc) is 2.78. The molecule has 1 aromatic rings. The minimum atomic E-state index is -3.81. The van der Waals surface area contributed by atoms with E-state index in [4.69, 9.17) is 0 Å². The summed E-state index contributed by atoms with van der Waals surface area (Å²) in [5.41, 5.74) is 0. The van der Waals surface area contributed by atoms with Crippen molar-refractivity contribution in [1.82, 2.24) is 4.31 Å². The van der Waals surface area contributed by atoms with Crippen molar-refractivity contribution in [2.24, 2.45) is 4.99 Å². The molecular weight excluding hydrogens is 259 g/mol. The summed E-state index contributed by atoms with van der Waals surface area (Å²) >= 11 is 0. The second kappa shape index (κ2) is 4.97. The molecule has 7 heteroatoms. The summed E-state index contributed by atoms with van der Waals surface area (Å²) in [4.78, 5) is 13.6. The van der Waals surface area contributed by atoms with Crippen LogP contribution in [0.3, 0.4) is 0 Å². The lowest BCUT2D eigenvalue weighted by molar-refractivity contribution is 0.395. The molecule has 1 aliphatic heterocycles. The molecule has 0 aromatic heterocycles. The topological polar surface area (TPSA) is 66.8 Å². The molecule has 2 rings (SSSR count). The summed E-state index contributed by atoms with van der Waals surface area (Å²) in [6.07, 6.45) is 1.73. The van der Waals surface area contributed by atoms with Crippen LogP contribution in [0.4, 0.5) is 4.39 Å². The van der Waals surface area contributed by atoms with Crippen LogP contribution in [0.15, 0.2) is 34.2 Å². The zero-order chi connectivity index (χ0) is 13.2. The quantitative estimate of drug-likeness (QED) is 0.613. The van der Waals surface area contributed by atoms with Crippen LogP contribution in [0.5, 0.6) is 0 Å². The number of sulfonamides is 1. The highest BCUT2D eigenvalue weighted by molar-refractivity contribution is 7.89. The second-order valence-electron chi connectivity index (χ2n) is 3.92. The SMILES string of the molecule is O=C=NC1CCCN1S(=O)(=O)c1cccc(F)c1. The van der Waals surface area contributed by atoms with E-state index in [0.717, 1.165) is 10.4 Å². The summed E-state index contributed by atoms with van der Waals surface area (Å²) in [5.74, 6) is -0.620. The molecule has 1 heterocycles. The fourth-order valence-corrected chi connectivity index (χ4v) is 3.58. The predicted octanol–water partition coefficient (Wildman–Crippen LogP) is 1.27. The Morgan fingerprint density at radius 3 is 2.89 bits per heavy atom. The van der Waals surface area contributed by atoms with Crippen molar-refractivity contribution < 1.29 is 17.6 Å². The van der Waals surface area contributed by atoms with Gasteiger partial charge in [-0.2, -0.15) is 9.30 Å². The Labute approximate surface area is 104 Å². The van der Waals surface area contributed by atoms with E-state index in [0.29, 0.717) is 12.8 Å². The zero-order valence-corrected chi connectivity index (χ0v) is 10.2. The summed E-state index contributed by atoms with van der Waals surface area (Å²) in [6.45, 7) is 0.273. The largest absolute Gasteiger partial charge is 0.245 e. The molecule has 0 spiro atoms. The number of carbonyl (C=O) groups excluding carboxylic acids is 1. The Morgan fingerprint density at radius 2 is 2.22 bits per heavy atom. The molecule has 0 aliphatic carbocycles. The molecule has 1 fully saturated rings. The predicted molar refractivity (Wildman–Crippen MR) is 61.4 cm³/mol. The van der Waals surface area contributed by atoms with Crippen LogP contribution in [-0.4, -0.2) is 31.5 Å². The molecule has 1 aromatic carbocycles. The third kappa shape index (κ3) is 2.33. The van der Waals surface area contributed by atoms with Gasteiger partial charge in [-0.3, -0.25) is 0 Å². The van der Waals surface area contributed by atoms with E-state index in [9.17, 15) is 17.6 Å². The standard InChI is InChI=1S/C11H11FN2O3S/c12-9-3-1-4-10(7-9)18(16,17)14-6-2-5-11(14)13-8-15/h1,3-4,7,11H,2,5-6H2.